The molecule has 0 spiro atoms. The largest absolute Gasteiger partial charge is 0.497 e. The van der Waals surface area contributed by atoms with Gasteiger partial charge in [0.2, 0.25) is 0 Å². The number of benzene rings is 1. The molecule has 0 saturated heterocycles. The fraction of sp³-hybridized carbons (Fsp3) is 0.625. The summed E-state index contributed by atoms with van der Waals surface area (Å²) >= 11 is 0. The number of rotatable bonds is 4. The predicted molar refractivity (Wildman–Crippen MR) is 79.3 cm³/mol. The molecule has 0 amide bonds. The topological polar surface area (TPSA) is 38.5 Å². The Hall–Kier alpha value is -1.06. The predicted octanol–water partition coefficient (Wildman–Crippen LogP) is 2.87. The van der Waals surface area contributed by atoms with Crippen molar-refractivity contribution in [2.75, 3.05) is 21.2 Å². The van der Waals surface area contributed by atoms with Crippen LogP contribution in [0.2, 0.25) is 0 Å². The third-order valence-corrected chi connectivity index (χ3v) is 4.02. The maximum absolute atomic E-state index is 6.63. The fourth-order valence-electron chi connectivity index (χ4n) is 2.99. The Morgan fingerprint density at radius 2 is 1.84 bits per heavy atom. The summed E-state index contributed by atoms with van der Waals surface area (Å²) in [7, 11) is 5.89. The lowest BCUT2D eigenvalue weighted by atomic mass is 9.77. The van der Waals surface area contributed by atoms with Gasteiger partial charge in [0.25, 0.3) is 0 Å². The number of hydrogen-bond donors (Lipinski definition) is 1. The van der Waals surface area contributed by atoms with Crippen molar-refractivity contribution < 1.29 is 4.74 Å². The smallest absolute Gasteiger partial charge is 0.119 e. The first-order chi connectivity index (χ1) is 9.03. The van der Waals surface area contributed by atoms with Crippen molar-refractivity contribution in [1.82, 2.24) is 4.90 Å². The van der Waals surface area contributed by atoms with Gasteiger partial charge in [-0.05, 0) is 50.2 Å². The molecule has 0 radical (unpaired) electrons. The van der Waals surface area contributed by atoms with Gasteiger partial charge in [-0.25, -0.2) is 0 Å². The molecule has 0 atom stereocenters. The van der Waals surface area contributed by atoms with Crippen molar-refractivity contribution >= 4 is 0 Å². The molecule has 1 aromatic carbocycles. The minimum Gasteiger partial charge on any atom is -0.497 e. The summed E-state index contributed by atoms with van der Waals surface area (Å²) in [5, 5.41) is 0. The molecule has 1 aliphatic carbocycles. The second-order valence-corrected chi connectivity index (χ2v) is 6.02. The van der Waals surface area contributed by atoms with Crippen molar-refractivity contribution in [3.63, 3.8) is 0 Å². The molecule has 0 unspecified atom stereocenters. The van der Waals surface area contributed by atoms with Crippen molar-refractivity contribution in [2.24, 2.45) is 5.73 Å². The van der Waals surface area contributed by atoms with Crippen LogP contribution in [-0.2, 0) is 12.1 Å². The van der Waals surface area contributed by atoms with Crippen LogP contribution < -0.4 is 10.5 Å². The first-order valence-corrected chi connectivity index (χ1v) is 7.15. The molecule has 2 rings (SSSR count). The van der Waals surface area contributed by atoms with Gasteiger partial charge in [0.1, 0.15) is 5.75 Å². The molecule has 1 aliphatic rings. The van der Waals surface area contributed by atoms with E-state index in [0.717, 1.165) is 25.1 Å². The molecule has 0 aromatic heterocycles. The van der Waals surface area contributed by atoms with Crippen LogP contribution in [0.25, 0.3) is 0 Å². The number of nitrogens with zero attached hydrogens (tertiary/aromatic N) is 1. The standard InChI is InChI=1S/C16H26N2O/c1-18(2)12-13-9-14(11-15(10-13)19-3)16(17)7-5-4-6-8-16/h9-11H,4-8,12,17H2,1-3H3. The Kier molecular flexibility index (Phi) is 4.48. The Morgan fingerprint density at radius 3 is 2.42 bits per heavy atom. The highest BCUT2D eigenvalue weighted by molar-refractivity contribution is 5.38. The maximum atomic E-state index is 6.63. The fourth-order valence-corrected chi connectivity index (χ4v) is 2.99. The molecule has 3 nitrogen and oxygen atoms in total. The van der Waals surface area contributed by atoms with Gasteiger partial charge >= 0.3 is 0 Å². The third kappa shape index (κ3) is 3.48. The van der Waals surface area contributed by atoms with E-state index in [1.807, 2.05) is 0 Å². The monoisotopic (exact) mass is 262 g/mol. The lowest BCUT2D eigenvalue weighted by Crippen LogP contribution is -2.38. The third-order valence-electron chi connectivity index (χ3n) is 4.02. The van der Waals surface area contributed by atoms with Crippen LogP contribution in [0.5, 0.6) is 5.75 Å². The Balaban J connectivity index is 2.32. The molecule has 0 bridgehead atoms. The van der Waals surface area contributed by atoms with Crippen molar-refractivity contribution in [1.29, 1.82) is 0 Å². The van der Waals surface area contributed by atoms with Crippen molar-refractivity contribution in [3.8, 4) is 5.75 Å². The molecule has 106 valence electrons. The number of nitrogens with two attached hydrogens (primary N) is 1. The first-order valence-electron chi connectivity index (χ1n) is 7.15. The van der Waals surface area contributed by atoms with Crippen LogP contribution in [0.15, 0.2) is 18.2 Å². The van der Waals surface area contributed by atoms with Crippen LogP contribution in [0.3, 0.4) is 0 Å². The Labute approximate surface area is 116 Å². The maximum Gasteiger partial charge on any atom is 0.119 e. The zero-order valence-corrected chi connectivity index (χ0v) is 12.4. The van der Waals surface area contributed by atoms with Gasteiger partial charge < -0.3 is 15.4 Å². The van der Waals surface area contributed by atoms with Crippen LogP contribution in [-0.4, -0.2) is 26.1 Å². The highest BCUT2D eigenvalue weighted by Crippen LogP contribution is 2.36. The van der Waals surface area contributed by atoms with Gasteiger partial charge in [0.05, 0.1) is 7.11 Å². The minimum absolute atomic E-state index is 0.159. The zero-order chi connectivity index (χ0) is 13.9. The molecule has 19 heavy (non-hydrogen) atoms. The van der Waals surface area contributed by atoms with E-state index in [9.17, 15) is 0 Å². The summed E-state index contributed by atoms with van der Waals surface area (Å²) in [5.41, 5.74) is 8.99. The van der Waals surface area contributed by atoms with E-state index >= 15 is 0 Å². The number of hydrogen-bond acceptors (Lipinski definition) is 3. The van der Waals surface area contributed by atoms with Gasteiger partial charge in [-0.15, -0.1) is 0 Å². The molecule has 1 saturated carbocycles. The van der Waals surface area contributed by atoms with E-state index < -0.39 is 0 Å². The quantitative estimate of drug-likeness (QED) is 0.906. The summed E-state index contributed by atoms with van der Waals surface area (Å²) in [5.74, 6) is 0.921. The molecule has 1 fully saturated rings. The average Bonchev–Trinajstić information content (AvgIpc) is 2.38. The molecule has 2 N–H and O–H groups in total. The lowest BCUT2D eigenvalue weighted by molar-refractivity contribution is 0.300. The summed E-state index contributed by atoms with van der Waals surface area (Å²) < 4.78 is 5.44. The van der Waals surface area contributed by atoms with E-state index in [2.05, 4.69) is 37.2 Å². The SMILES string of the molecule is COc1cc(CN(C)C)cc(C2(N)CCCCC2)c1. The van der Waals surface area contributed by atoms with E-state index in [0.29, 0.717) is 0 Å². The molecule has 1 aromatic rings. The molecule has 0 aliphatic heterocycles. The number of methoxy groups -OCH3 is 1. The normalized spacial score (nSPS) is 18.6. The molecular formula is C16H26N2O. The van der Waals surface area contributed by atoms with Crippen LogP contribution >= 0.6 is 0 Å². The second-order valence-electron chi connectivity index (χ2n) is 6.02. The summed E-state index contributed by atoms with van der Waals surface area (Å²) in [4.78, 5) is 2.17. The first kappa shape index (κ1) is 14.4. The summed E-state index contributed by atoms with van der Waals surface area (Å²) in [6.45, 7) is 0.917. The molecular weight excluding hydrogens is 236 g/mol. The van der Waals surface area contributed by atoms with Crippen molar-refractivity contribution in [2.45, 2.75) is 44.2 Å². The van der Waals surface area contributed by atoms with Gasteiger partial charge in [0, 0.05) is 12.1 Å². The van der Waals surface area contributed by atoms with E-state index in [4.69, 9.17) is 10.5 Å². The van der Waals surface area contributed by atoms with Gasteiger partial charge in [-0.1, -0.05) is 25.3 Å². The summed E-state index contributed by atoms with van der Waals surface area (Å²) in [6.07, 6.45) is 5.95. The van der Waals surface area contributed by atoms with E-state index in [1.54, 1.807) is 7.11 Å². The zero-order valence-electron chi connectivity index (χ0n) is 12.4. The average molecular weight is 262 g/mol. The van der Waals surface area contributed by atoms with E-state index in [1.165, 1.54) is 30.4 Å². The van der Waals surface area contributed by atoms with Gasteiger partial charge in [-0.3, -0.25) is 0 Å². The Bertz CT molecular complexity index is 423. The number of ether oxygens (including phenoxy) is 1. The lowest BCUT2D eigenvalue weighted by Gasteiger charge is -2.34. The second kappa shape index (κ2) is 5.93. The van der Waals surface area contributed by atoms with Crippen molar-refractivity contribution in [3.05, 3.63) is 29.3 Å². The molecule has 3 heteroatoms. The van der Waals surface area contributed by atoms with Gasteiger partial charge in [-0.2, -0.15) is 0 Å². The highest BCUT2D eigenvalue weighted by atomic mass is 16.5. The van der Waals surface area contributed by atoms with Gasteiger partial charge in [0.15, 0.2) is 0 Å². The highest BCUT2D eigenvalue weighted by Gasteiger charge is 2.30. The van der Waals surface area contributed by atoms with Crippen LogP contribution in [0, 0.1) is 0 Å². The van der Waals surface area contributed by atoms with Crippen LogP contribution in [0.1, 0.15) is 43.2 Å². The Morgan fingerprint density at radius 1 is 1.16 bits per heavy atom. The summed E-state index contributed by atoms with van der Waals surface area (Å²) in [6, 6.07) is 6.48. The van der Waals surface area contributed by atoms with Crippen LogP contribution in [0.4, 0.5) is 0 Å². The minimum atomic E-state index is -0.159. The van der Waals surface area contributed by atoms with E-state index in [-0.39, 0.29) is 5.54 Å². The molecule has 0 heterocycles.